The number of benzene rings is 2. The molecule has 3 aromatic rings. The van der Waals surface area contributed by atoms with Gasteiger partial charge in [0, 0.05) is 24.3 Å². The lowest BCUT2D eigenvalue weighted by Gasteiger charge is -2.22. The molecule has 2 fully saturated rings. The highest BCUT2D eigenvalue weighted by Gasteiger charge is 2.89. The number of carbonyl (C=O) groups is 2. The Morgan fingerprint density at radius 3 is 2.67 bits per heavy atom. The fraction of sp³-hybridized carbons (Fsp3) is 0.238. The van der Waals surface area contributed by atoms with Gasteiger partial charge in [-0.3, -0.25) is 9.59 Å². The predicted octanol–water partition coefficient (Wildman–Crippen LogP) is 2.14. The van der Waals surface area contributed by atoms with E-state index in [1.807, 2.05) is 30.3 Å². The van der Waals surface area contributed by atoms with Crippen LogP contribution in [0.2, 0.25) is 0 Å². The molecule has 150 valence electrons. The summed E-state index contributed by atoms with van der Waals surface area (Å²) in [5.74, 6) is -2.50. The second kappa shape index (κ2) is 5.71. The van der Waals surface area contributed by atoms with Crippen LogP contribution in [0.3, 0.4) is 0 Å². The van der Waals surface area contributed by atoms with Gasteiger partial charge < -0.3 is 15.6 Å². The van der Waals surface area contributed by atoms with Crippen LogP contribution >= 0.6 is 0 Å². The lowest BCUT2D eigenvalue weighted by molar-refractivity contribution is -0.120. The van der Waals surface area contributed by atoms with Crippen molar-refractivity contribution in [3.63, 3.8) is 0 Å². The molecule has 1 aliphatic heterocycles. The molecule has 2 heterocycles. The number of amides is 2. The molecule has 1 unspecified atom stereocenters. The SMILES string of the molecule is O=C(N[C@]12C(=O)Nc3c(F)cc(F)cc3[C@@H]3C1[C@@H]32)c1nnc(Cc2ccccc2)[nH]1. The van der Waals surface area contributed by atoms with Gasteiger partial charge in [0.05, 0.1) is 5.69 Å². The van der Waals surface area contributed by atoms with E-state index < -0.39 is 29.0 Å². The van der Waals surface area contributed by atoms with Crippen molar-refractivity contribution in [1.29, 1.82) is 0 Å². The van der Waals surface area contributed by atoms with Crippen LogP contribution in [0.5, 0.6) is 0 Å². The van der Waals surface area contributed by atoms with Gasteiger partial charge in [0.2, 0.25) is 5.82 Å². The van der Waals surface area contributed by atoms with Crippen LogP contribution in [0.4, 0.5) is 14.5 Å². The Morgan fingerprint density at radius 1 is 1.13 bits per heavy atom. The molecule has 2 aromatic carbocycles. The molecule has 3 N–H and O–H groups in total. The number of nitrogens with zero attached hydrogens (tertiary/aromatic N) is 2. The highest BCUT2D eigenvalue weighted by molar-refractivity contribution is 6.10. The van der Waals surface area contributed by atoms with Crippen molar-refractivity contribution < 1.29 is 18.4 Å². The standard InChI is InChI=1S/C21H15F2N5O2/c22-10-7-11-14-15-16(14)21(15,20(30)25-17(11)12(23)8-10)26-19(29)18-24-13(27-28-18)6-9-4-2-1-3-5-9/h1-5,7-8,14-16H,6H2,(H,25,30)(H,26,29)(H,24,27,28)/t14-,15+,16?,21-/m0/s1. The number of rotatable bonds is 4. The minimum absolute atomic E-state index is 0.00247. The van der Waals surface area contributed by atoms with Gasteiger partial charge in [-0.25, -0.2) is 8.78 Å². The summed E-state index contributed by atoms with van der Waals surface area (Å²) < 4.78 is 27.8. The van der Waals surface area contributed by atoms with Gasteiger partial charge in [-0.05, 0) is 23.1 Å². The number of H-pyrrole nitrogens is 1. The molecule has 6 rings (SSSR count). The molecule has 2 saturated carbocycles. The quantitative estimate of drug-likeness (QED) is 0.617. The second-order valence-corrected chi connectivity index (χ2v) is 7.99. The van der Waals surface area contributed by atoms with Gasteiger partial charge in [0.1, 0.15) is 23.0 Å². The first kappa shape index (κ1) is 17.3. The van der Waals surface area contributed by atoms with Gasteiger partial charge in [0.25, 0.3) is 11.8 Å². The summed E-state index contributed by atoms with van der Waals surface area (Å²) in [5.41, 5.74) is 0.344. The summed E-state index contributed by atoms with van der Waals surface area (Å²) in [4.78, 5) is 28.4. The highest BCUT2D eigenvalue weighted by atomic mass is 19.1. The maximum absolute atomic E-state index is 14.2. The number of anilines is 1. The van der Waals surface area contributed by atoms with Gasteiger partial charge in [-0.1, -0.05) is 30.3 Å². The zero-order valence-electron chi connectivity index (χ0n) is 15.4. The van der Waals surface area contributed by atoms with E-state index in [4.69, 9.17) is 0 Å². The van der Waals surface area contributed by atoms with Crippen LogP contribution < -0.4 is 10.6 Å². The summed E-state index contributed by atoms with van der Waals surface area (Å²) in [6.07, 6.45) is 0.486. The maximum atomic E-state index is 14.2. The Kier molecular flexibility index (Phi) is 3.29. The molecule has 2 aliphatic carbocycles. The Hall–Kier alpha value is -3.62. The first-order valence-corrected chi connectivity index (χ1v) is 9.57. The minimum atomic E-state index is -1.12. The van der Waals surface area contributed by atoms with E-state index in [0.717, 1.165) is 11.6 Å². The van der Waals surface area contributed by atoms with Gasteiger partial charge in [-0.15, -0.1) is 10.2 Å². The molecular weight excluding hydrogens is 392 g/mol. The normalized spacial score (nSPS) is 27.4. The third-order valence-electron chi connectivity index (χ3n) is 6.30. The van der Waals surface area contributed by atoms with E-state index in [9.17, 15) is 18.4 Å². The predicted molar refractivity (Wildman–Crippen MR) is 101 cm³/mol. The summed E-state index contributed by atoms with van der Waals surface area (Å²) in [7, 11) is 0. The van der Waals surface area contributed by atoms with Crippen LogP contribution in [0.1, 0.15) is 33.5 Å². The Bertz CT molecular complexity index is 1220. The van der Waals surface area contributed by atoms with E-state index in [-0.39, 0.29) is 29.3 Å². The van der Waals surface area contributed by atoms with Crippen LogP contribution in [0.15, 0.2) is 42.5 Å². The van der Waals surface area contributed by atoms with Crippen molar-refractivity contribution in [1.82, 2.24) is 20.5 Å². The largest absolute Gasteiger partial charge is 0.334 e. The Labute approximate surface area is 168 Å². The lowest BCUT2D eigenvalue weighted by atomic mass is 9.92. The summed E-state index contributed by atoms with van der Waals surface area (Å²) in [5, 5.41) is 13.2. The molecule has 9 heteroatoms. The van der Waals surface area contributed by atoms with Crippen LogP contribution in [-0.2, 0) is 11.2 Å². The third kappa shape index (κ3) is 2.28. The number of nitrogens with one attached hydrogen (secondary N) is 3. The van der Waals surface area contributed by atoms with E-state index >= 15 is 0 Å². The van der Waals surface area contributed by atoms with Gasteiger partial charge in [-0.2, -0.15) is 0 Å². The second-order valence-electron chi connectivity index (χ2n) is 7.99. The molecule has 2 amide bonds. The Balaban J connectivity index is 1.21. The van der Waals surface area contributed by atoms with Gasteiger partial charge in [0.15, 0.2) is 0 Å². The van der Waals surface area contributed by atoms with Crippen molar-refractivity contribution in [2.24, 2.45) is 11.8 Å². The van der Waals surface area contributed by atoms with Crippen molar-refractivity contribution >= 4 is 17.5 Å². The lowest BCUT2D eigenvalue weighted by Crippen LogP contribution is -2.52. The fourth-order valence-corrected chi connectivity index (χ4v) is 4.83. The summed E-state index contributed by atoms with van der Waals surface area (Å²) in [6.45, 7) is 0. The summed E-state index contributed by atoms with van der Waals surface area (Å²) in [6, 6.07) is 11.6. The molecule has 0 bridgehead atoms. The fourth-order valence-electron chi connectivity index (χ4n) is 4.83. The zero-order valence-corrected chi connectivity index (χ0v) is 15.4. The van der Waals surface area contributed by atoms with Gasteiger partial charge >= 0.3 is 0 Å². The van der Waals surface area contributed by atoms with E-state index in [0.29, 0.717) is 17.8 Å². The highest BCUT2D eigenvalue weighted by Crippen LogP contribution is 2.81. The third-order valence-corrected chi connectivity index (χ3v) is 6.30. The van der Waals surface area contributed by atoms with Crippen LogP contribution in [-0.4, -0.2) is 32.5 Å². The molecule has 0 radical (unpaired) electrons. The number of hydrogen-bond acceptors (Lipinski definition) is 4. The van der Waals surface area contributed by atoms with Crippen molar-refractivity contribution in [2.75, 3.05) is 5.32 Å². The first-order chi connectivity index (χ1) is 14.5. The van der Waals surface area contributed by atoms with Crippen molar-refractivity contribution in [2.45, 2.75) is 17.9 Å². The number of aromatic nitrogens is 3. The van der Waals surface area contributed by atoms with Crippen molar-refractivity contribution in [3.05, 3.63) is 76.9 Å². The topological polar surface area (TPSA) is 99.8 Å². The molecule has 4 atom stereocenters. The van der Waals surface area contributed by atoms with Crippen LogP contribution in [0, 0.1) is 23.5 Å². The molecule has 1 aromatic heterocycles. The number of carbonyl (C=O) groups excluding carboxylic acids is 2. The maximum Gasteiger partial charge on any atom is 0.289 e. The first-order valence-electron chi connectivity index (χ1n) is 9.57. The minimum Gasteiger partial charge on any atom is -0.334 e. The Morgan fingerprint density at radius 2 is 1.90 bits per heavy atom. The van der Waals surface area contributed by atoms with E-state index in [2.05, 4.69) is 25.8 Å². The molecule has 3 aliphatic rings. The molecule has 7 nitrogen and oxygen atoms in total. The average Bonchev–Trinajstić information content (AvgIpc) is 3.57. The number of fused-ring (bicyclic) bond motifs is 4. The zero-order chi connectivity index (χ0) is 20.6. The molecule has 0 spiro atoms. The molecule has 0 saturated heterocycles. The number of halogens is 2. The van der Waals surface area contributed by atoms with Crippen LogP contribution in [0.25, 0.3) is 0 Å². The smallest absolute Gasteiger partial charge is 0.289 e. The average molecular weight is 407 g/mol. The monoisotopic (exact) mass is 407 g/mol. The van der Waals surface area contributed by atoms with Crippen molar-refractivity contribution in [3.8, 4) is 0 Å². The summed E-state index contributed by atoms with van der Waals surface area (Å²) >= 11 is 0. The number of hydrogen-bond donors (Lipinski definition) is 3. The van der Waals surface area contributed by atoms with E-state index in [1.54, 1.807) is 0 Å². The molecule has 30 heavy (non-hydrogen) atoms. The van der Waals surface area contributed by atoms with E-state index in [1.165, 1.54) is 6.07 Å². The molecular formula is C21H15F2N5O2. The number of aromatic amines is 1.